The van der Waals surface area contributed by atoms with Gasteiger partial charge in [0.2, 0.25) is 0 Å². The monoisotopic (exact) mass is 260 g/mol. The van der Waals surface area contributed by atoms with E-state index < -0.39 is 0 Å². The number of hydrogen-bond donors (Lipinski definition) is 2. The van der Waals surface area contributed by atoms with Crippen LogP contribution in [0.4, 0.5) is 0 Å². The third-order valence-corrected chi connectivity index (χ3v) is 4.59. The van der Waals surface area contributed by atoms with Crippen molar-refractivity contribution < 1.29 is 0 Å². The Balaban J connectivity index is 2.64. The second-order valence-corrected chi connectivity index (χ2v) is 5.41. The molecule has 0 spiro atoms. The molecule has 0 saturated carbocycles. The van der Waals surface area contributed by atoms with Gasteiger partial charge in [-0.3, -0.25) is 0 Å². The Kier molecular flexibility index (Phi) is 1.91. The van der Waals surface area contributed by atoms with Crippen LogP contribution in [0.2, 0.25) is 0 Å². The van der Waals surface area contributed by atoms with Crippen LogP contribution in [0.15, 0.2) is 21.9 Å². The minimum absolute atomic E-state index is 0.0402. The van der Waals surface area contributed by atoms with Crippen LogP contribution in [0.1, 0.15) is 0 Å². The second kappa shape index (κ2) is 2.91. The van der Waals surface area contributed by atoms with Gasteiger partial charge in [-0.05, 0) is 21.8 Å². The van der Waals surface area contributed by atoms with Gasteiger partial charge in [-0.25, -0.2) is 0 Å². The first-order valence-corrected chi connectivity index (χ1v) is 5.62. The van der Waals surface area contributed by atoms with E-state index in [0.29, 0.717) is 6.54 Å². The summed E-state index contributed by atoms with van der Waals surface area (Å²) in [7, 11) is 0. The number of aromatic amines is 1. The number of nitrogens with one attached hydrogen (secondary N) is 1. The molecule has 0 bridgehead atoms. The molecule has 3 N–H and O–H groups in total. The van der Waals surface area contributed by atoms with Crippen LogP contribution in [0.3, 0.4) is 0 Å². The van der Waals surface area contributed by atoms with E-state index in [2.05, 4.69) is 23.2 Å². The molecule has 0 saturated heterocycles. The van der Waals surface area contributed by atoms with Crippen molar-refractivity contribution in [1.82, 2.24) is 4.98 Å². The standard InChI is InChI=1S/C8H9IN2/c10-5-6-1-2-8-7(9-6)3-4-11-8/h1-4,11H,5,10H2. The Bertz CT molecular complexity index is 400. The lowest BCUT2D eigenvalue weighted by Gasteiger charge is -1.95. The molecule has 0 radical (unpaired) electrons. The molecule has 58 valence electrons. The summed E-state index contributed by atoms with van der Waals surface area (Å²) in [6.07, 6.45) is 6.25. The summed E-state index contributed by atoms with van der Waals surface area (Å²) in [5.41, 5.74) is 5.56. The number of rotatable bonds is 1. The largest absolute Gasteiger partial charge is 0.361 e. The van der Waals surface area contributed by atoms with Gasteiger partial charge in [0.05, 0.1) is 5.35 Å². The molecule has 1 aliphatic heterocycles. The van der Waals surface area contributed by atoms with Crippen molar-refractivity contribution in [2.24, 2.45) is 5.73 Å². The second-order valence-electron chi connectivity index (χ2n) is 2.32. The van der Waals surface area contributed by atoms with E-state index in [9.17, 15) is 0 Å². The molecular formula is C8H9IN2. The van der Waals surface area contributed by atoms with Gasteiger partial charge in [0.15, 0.2) is 0 Å². The highest BCUT2D eigenvalue weighted by Gasteiger charge is 1.95. The van der Waals surface area contributed by atoms with E-state index in [1.165, 1.54) is 12.1 Å². The Hall–Kier alpha value is -0.420. The number of aromatic nitrogens is 1. The molecule has 0 aromatic carbocycles. The summed E-state index contributed by atoms with van der Waals surface area (Å²) in [5, 5.41) is 1.27. The maximum atomic E-state index is 5.56. The molecular weight excluding hydrogens is 251 g/mol. The van der Waals surface area contributed by atoms with Gasteiger partial charge >= 0.3 is 0 Å². The lowest BCUT2D eigenvalue weighted by Crippen LogP contribution is -2.05. The van der Waals surface area contributed by atoms with Crippen LogP contribution in [-0.2, 0) is 0 Å². The van der Waals surface area contributed by atoms with Gasteiger partial charge in [0.25, 0.3) is 0 Å². The molecule has 0 aliphatic carbocycles. The van der Waals surface area contributed by atoms with Crippen molar-refractivity contribution in [2.45, 2.75) is 0 Å². The van der Waals surface area contributed by atoms with Crippen molar-refractivity contribution in [1.29, 1.82) is 0 Å². The summed E-state index contributed by atoms with van der Waals surface area (Å²) in [6.45, 7) is 0.717. The molecule has 1 aromatic heterocycles. The minimum atomic E-state index is 0.0402. The topological polar surface area (TPSA) is 41.8 Å². The molecule has 2 nitrogen and oxygen atoms in total. The van der Waals surface area contributed by atoms with Gasteiger partial charge < -0.3 is 10.7 Å². The van der Waals surface area contributed by atoms with Crippen LogP contribution >= 0.6 is 20.7 Å². The van der Waals surface area contributed by atoms with Crippen LogP contribution in [0, 0.1) is 3.15 Å². The van der Waals surface area contributed by atoms with E-state index in [0.717, 1.165) is 0 Å². The third kappa shape index (κ3) is 1.30. The highest BCUT2D eigenvalue weighted by molar-refractivity contribution is 14.2. The van der Waals surface area contributed by atoms with Crippen molar-refractivity contribution in [3.63, 3.8) is 0 Å². The molecule has 1 aromatic rings. The van der Waals surface area contributed by atoms with E-state index >= 15 is 0 Å². The average Bonchev–Trinajstić information content (AvgIpc) is 2.50. The fourth-order valence-electron chi connectivity index (χ4n) is 1.02. The van der Waals surface area contributed by atoms with E-state index in [1.807, 2.05) is 6.20 Å². The van der Waals surface area contributed by atoms with Gasteiger partial charge in [0.1, 0.15) is 0 Å². The number of hydrogen-bond acceptors (Lipinski definition) is 1. The molecule has 2 rings (SSSR count). The summed E-state index contributed by atoms with van der Waals surface area (Å²) in [4.78, 5) is 3.19. The molecule has 0 atom stereocenters. The van der Waals surface area contributed by atoms with Crippen LogP contribution < -0.4 is 11.1 Å². The maximum absolute atomic E-state index is 5.56. The molecule has 1 aliphatic rings. The van der Waals surface area contributed by atoms with E-state index in [-0.39, 0.29) is 20.7 Å². The van der Waals surface area contributed by atoms with Crippen molar-refractivity contribution in [2.75, 3.05) is 6.54 Å². The Morgan fingerprint density at radius 3 is 3.18 bits per heavy atom. The number of fused-ring (bicyclic) bond motifs is 1. The summed E-state index contributed by atoms with van der Waals surface area (Å²) >= 11 is 0.0402. The number of allylic oxidation sites excluding steroid dienone is 1. The Labute approximate surface area is 74.6 Å². The van der Waals surface area contributed by atoms with Gasteiger partial charge in [0, 0.05) is 15.9 Å². The molecule has 0 fully saturated rings. The SMILES string of the molecule is NCC1=CC=c2[nH]ccc2=I1. The Morgan fingerprint density at radius 1 is 1.45 bits per heavy atom. The summed E-state index contributed by atoms with van der Waals surface area (Å²) < 4.78 is 2.88. The zero-order valence-electron chi connectivity index (χ0n) is 5.97. The first-order chi connectivity index (χ1) is 5.40. The lowest BCUT2D eigenvalue weighted by molar-refractivity contribution is 1.24. The maximum Gasteiger partial charge on any atom is 0.0512 e. The first kappa shape index (κ1) is 7.24. The zero-order chi connectivity index (χ0) is 7.68. The van der Waals surface area contributed by atoms with Crippen molar-refractivity contribution >= 4 is 26.8 Å². The van der Waals surface area contributed by atoms with Crippen LogP contribution in [0.25, 0.3) is 6.08 Å². The zero-order valence-corrected chi connectivity index (χ0v) is 8.13. The molecule has 2 heterocycles. The van der Waals surface area contributed by atoms with Crippen molar-refractivity contribution in [3.8, 4) is 0 Å². The van der Waals surface area contributed by atoms with Gasteiger partial charge in [-0.15, -0.1) is 0 Å². The fraction of sp³-hybridized carbons (Fsp3) is 0.125. The lowest BCUT2D eigenvalue weighted by atomic mass is 10.4. The predicted octanol–water partition coefficient (Wildman–Crippen LogP) is 0.873. The van der Waals surface area contributed by atoms with Crippen LogP contribution in [-0.4, -0.2) is 11.5 Å². The normalized spacial score (nSPS) is 15.2. The Morgan fingerprint density at radius 2 is 2.36 bits per heavy atom. The summed E-state index contributed by atoms with van der Waals surface area (Å²) in [5.74, 6) is 0. The first-order valence-electron chi connectivity index (χ1n) is 3.46. The molecule has 11 heavy (non-hydrogen) atoms. The number of halogens is 1. The van der Waals surface area contributed by atoms with Gasteiger partial charge in [-0.2, -0.15) is 0 Å². The molecule has 0 unspecified atom stereocenters. The molecule has 0 amide bonds. The van der Waals surface area contributed by atoms with E-state index in [1.54, 1.807) is 0 Å². The highest BCUT2D eigenvalue weighted by atomic mass is 127. The highest BCUT2D eigenvalue weighted by Crippen LogP contribution is 2.17. The third-order valence-electron chi connectivity index (χ3n) is 1.57. The fourth-order valence-corrected chi connectivity index (χ4v) is 3.33. The number of nitrogens with two attached hydrogens (primary N) is 1. The molecule has 3 heteroatoms. The number of H-pyrrole nitrogens is 1. The quantitative estimate of drug-likeness (QED) is 0.723. The van der Waals surface area contributed by atoms with Crippen molar-refractivity contribution in [3.05, 3.63) is 30.4 Å². The predicted molar refractivity (Wildman–Crippen MR) is 54.9 cm³/mol. The summed E-state index contributed by atoms with van der Waals surface area (Å²) in [6, 6.07) is 2.15. The smallest absolute Gasteiger partial charge is 0.0512 e. The average molecular weight is 260 g/mol. The van der Waals surface area contributed by atoms with Gasteiger partial charge in [-0.1, -0.05) is 20.7 Å². The van der Waals surface area contributed by atoms with Crippen LogP contribution in [0.5, 0.6) is 0 Å². The van der Waals surface area contributed by atoms with E-state index in [4.69, 9.17) is 5.73 Å². The minimum Gasteiger partial charge on any atom is -0.361 e.